The van der Waals surface area contributed by atoms with Crippen LogP contribution in [0.1, 0.15) is 42.6 Å². The first-order valence-electron chi connectivity index (χ1n) is 12.9. The summed E-state index contributed by atoms with van der Waals surface area (Å²) in [6.07, 6.45) is 8.30. The monoisotopic (exact) mass is 494 g/mol. The summed E-state index contributed by atoms with van der Waals surface area (Å²) in [5.74, 6) is 0.504. The van der Waals surface area contributed by atoms with Crippen LogP contribution in [0.25, 0.3) is 22.2 Å². The zero-order valence-electron chi connectivity index (χ0n) is 20.5. The molecule has 1 atom stereocenters. The Labute approximate surface area is 209 Å². The van der Waals surface area contributed by atoms with Crippen molar-refractivity contribution in [2.75, 3.05) is 39.3 Å². The molecular weight excluding hydrogens is 460 g/mol. The van der Waals surface area contributed by atoms with Gasteiger partial charge in [-0.3, -0.25) is 19.4 Å². The molecule has 0 radical (unpaired) electrons. The first-order valence-corrected chi connectivity index (χ1v) is 12.9. The standard InChI is InChI=1S/C24H32N8O.CH2O2/c33-24(25-21-15-31-10-6-17(21)7-11-31)23-19-5-4-18(14-20(19)26-28-23)22-16-32(29-27-22)13-12-30-8-2-1-3-9-30;2-1-3/h4-5,14,16-17,21H,1-3,6-13,15H2,(H,25,33)(H,26,28);1H,(H,2,3)/t21-;/m0./s1. The van der Waals surface area contributed by atoms with E-state index in [9.17, 15) is 4.79 Å². The van der Waals surface area contributed by atoms with Gasteiger partial charge in [0.05, 0.1) is 18.3 Å². The number of carbonyl (C=O) groups is 2. The normalized spacial score (nSPS) is 23.7. The van der Waals surface area contributed by atoms with E-state index < -0.39 is 0 Å². The van der Waals surface area contributed by atoms with Crippen molar-refractivity contribution in [2.45, 2.75) is 44.7 Å². The summed E-state index contributed by atoms with van der Waals surface area (Å²) in [5.41, 5.74) is 3.12. The number of aromatic nitrogens is 5. The fraction of sp³-hybridized carbons (Fsp3) is 0.560. The predicted octanol–water partition coefficient (Wildman–Crippen LogP) is 1.83. The molecule has 4 fully saturated rings. The molecule has 6 heterocycles. The average Bonchev–Trinajstić information content (AvgIpc) is 3.56. The van der Waals surface area contributed by atoms with E-state index in [0.717, 1.165) is 54.9 Å². The summed E-state index contributed by atoms with van der Waals surface area (Å²) in [6.45, 7) is 7.27. The molecule has 11 heteroatoms. The minimum absolute atomic E-state index is 0.0867. The van der Waals surface area contributed by atoms with Crippen LogP contribution in [-0.2, 0) is 11.3 Å². The van der Waals surface area contributed by atoms with E-state index >= 15 is 0 Å². The lowest BCUT2D eigenvalue weighted by Gasteiger charge is -2.44. The average molecular weight is 495 g/mol. The molecule has 2 aromatic heterocycles. The van der Waals surface area contributed by atoms with Gasteiger partial charge in [-0.2, -0.15) is 5.10 Å². The number of fused-ring (bicyclic) bond motifs is 4. The number of carboxylic acid groups (broad SMARTS) is 1. The van der Waals surface area contributed by atoms with E-state index in [1.165, 1.54) is 45.2 Å². The van der Waals surface area contributed by atoms with Gasteiger partial charge >= 0.3 is 0 Å². The number of rotatable bonds is 6. The van der Waals surface area contributed by atoms with E-state index in [1.54, 1.807) is 0 Å². The number of benzene rings is 1. The third kappa shape index (κ3) is 5.41. The zero-order chi connectivity index (χ0) is 24.9. The molecule has 7 rings (SSSR count). The lowest BCUT2D eigenvalue weighted by Crippen LogP contribution is -2.57. The summed E-state index contributed by atoms with van der Waals surface area (Å²) in [6, 6.07) is 6.20. The smallest absolute Gasteiger partial charge is 0.290 e. The number of nitrogens with one attached hydrogen (secondary N) is 2. The fourth-order valence-electron chi connectivity index (χ4n) is 5.68. The largest absolute Gasteiger partial charge is 0.483 e. The van der Waals surface area contributed by atoms with Crippen molar-refractivity contribution >= 4 is 23.3 Å². The van der Waals surface area contributed by atoms with Gasteiger partial charge in [-0.25, -0.2) is 0 Å². The Bertz CT molecular complexity index is 1180. The van der Waals surface area contributed by atoms with Crippen molar-refractivity contribution in [3.05, 3.63) is 30.1 Å². The number of aromatic amines is 1. The van der Waals surface area contributed by atoms with Crippen LogP contribution in [0.2, 0.25) is 0 Å². The van der Waals surface area contributed by atoms with Gasteiger partial charge in [0, 0.05) is 30.1 Å². The lowest BCUT2D eigenvalue weighted by atomic mass is 9.84. The highest BCUT2D eigenvalue weighted by Gasteiger charge is 2.35. The van der Waals surface area contributed by atoms with Crippen LogP contribution < -0.4 is 5.32 Å². The lowest BCUT2D eigenvalue weighted by molar-refractivity contribution is -0.122. The Hall–Kier alpha value is -3.31. The van der Waals surface area contributed by atoms with Crippen molar-refractivity contribution < 1.29 is 14.7 Å². The zero-order valence-corrected chi connectivity index (χ0v) is 20.5. The van der Waals surface area contributed by atoms with Gasteiger partial charge < -0.3 is 20.2 Å². The maximum Gasteiger partial charge on any atom is 0.290 e. The number of carbonyl (C=O) groups excluding carboxylic acids is 1. The van der Waals surface area contributed by atoms with Crippen LogP contribution in [-0.4, -0.2) is 97.8 Å². The second-order valence-corrected chi connectivity index (χ2v) is 9.93. The van der Waals surface area contributed by atoms with Crippen LogP contribution >= 0.6 is 0 Å². The van der Waals surface area contributed by atoms with Crippen LogP contribution in [0, 0.1) is 5.92 Å². The Morgan fingerprint density at radius 3 is 2.64 bits per heavy atom. The second kappa shape index (κ2) is 11.2. The highest BCUT2D eigenvalue weighted by Crippen LogP contribution is 2.28. The molecule has 0 spiro atoms. The van der Waals surface area contributed by atoms with E-state index in [0.29, 0.717) is 11.6 Å². The maximum absolute atomic E-state index is 13.0. The van der Waals surface area contributed by atoms with Crippen molar-refractivity contribution in [1.82, 2.24) is 40.3 Å². The minimum Gasteiger partial charge on any atom is -0.483 e. The summed E-state index contributed by atoms with van der Waals surface area (Å²) >= 11 is 0. The first kappa shape index (κ1) is 24.4. The molecule has 1 aromatic carbocycles. The quantitative estimate of drug-likeness (QED) is 0.442. The maximum atomic E-state index is 13.0. The minimum atomic E-state index is -0.250. The molecular formula is C25H34N8O3. The number of nitrogens with zero attached hydrogens (tertiary/aromatic N) is 6. The fourth-order valence-corrected chi connectivity index (χ4v) is 5.68. The molecule has 4 saturated heterocycles. The molecule has 1 amide bonds. The molecule has 36 heavy (non-hydrogen) atoms. The molecule has 192 valence electrons. The highest BCUT2D eigenvalue weighted by molar-refractivity contribution is 6.05. The number of hydrogen-bond donors (Lipinski definition) is 3. The van der Waals surface area contributed by atoms with Crippen molar-refractivity contribution in [1.29, 1.82) is 0 Å². The molecule has 4 aliphatic rings. The summed E-state index contributed by atoms with van der Waals surface area (Å²) in [4.78, 5) is 26.3. The molecule has 0 aliphatic carbocycles. The van der Waals surface area contributed by atoms with Crippen LogP contribution in [0.15, 0.2) is 24.4 Å². The van der Waals surface area contributed by atoms with Gasteiger partial charge in [-0.05, 0) is 69.9 Å². The Morgan fingerprint density at radius 2 is 1.92 bits per heavy atom. The topological polar surface area (TPSA) is 132 Å². The van der Waals surface area contributed by atoms with Gasteiger partial charge in [0.25, 0.3) is 12.4 Å². The Kier molecular flexibility index (Phi) is 7.57. The number of piperidine rings is 4. The van der Waals surface area contributed by atoms with Crippen molar-refractivity contribution in [3.63, 3.8) is 0 Å². The summed E-state index contributed by atoms with van der Waals surface area (Å²) in [7, 11) is 0. The molecule has 2 bridgehead atoms. The Balaban J connectivity index is 0.000000848. The van der Waals surface area contributed by atoms with E-state index in [-0.39, 0.29) is 18.4 Å². The predicted molar refractivity (Wildman–Crippen MR) is 135 cm³/mol. The van der Waals surface area contributed by atoms with Gasteiger partial charge in [-0.1, -0.05) is 17.7 Å². The number of likely N-dealkylation sites (tertiary alicyclic amines) is 1. The molecule has 0 saturated carbocycles. The van der Waals surface area contributed by atoms with Crippen molar-refractivity contribution in [3.8, 4) is 11.3 Å². The van der Waals surface area contributed by atoms with E-state index in [4.69, 9.17) is 9.90 Å². The van der Waals surface area contributed by atoms with Gasteiger partial charge in [0.2, 0.25) is 0 Å². The molecule has 3 N–H and O–H groups in total. The first-order chi connectivity index (χ1) is 17.6. The van der Waals surface area contributed by atoms with Gasteiger partial charge in [0.1, 0.15) is 5.69 Å². The number of hydrogen-bond acceptors (Lipinski definition) is 7. The second-order valence-electron chi connectivity index (χ2n) is 9.93. The molecule has 3 aromatic rings. The molecule has 11 nitrogen and oxygen atoms in total. The van der Waals surface area contributed by atoms with E-state index in [1.807, 2.05) is 29.1 Å². The SMILES string of the molecule is O=C(N[C@H]1CN2CCC1CC2)c1n[nH]c2cc(-c3cn(CCN4CCCCC4)nn3)ccc12.O=CO. The van der Waals surface area contributed by atoms with Crippen LogP contribution in [0.4, 0.5) is 0 Å². The Morgan fingerprint density at radius 1 is 1.14 bits per heavy atom. The molecule has 0 unspecified atom stereocenters. The summed E-state index contributed by atoms with van der Waals surface area (Å²) in [5, 5.41) is 27.1. The van der Waals surface area contributed by atoms with Gasteiger partial charge in [0.15, 0.2) is 5.69 Å². The highest BCUT2D eigenvalue weighted by atomic mass is 16.3. The number of amides is 1. The van der Waals surface area contributed by atoms with Crippen LogP contribution in [0.3, 0.4) is 0 Å². The third-order valence-corrected chi connectivity index (χ3v) is 7.68. The summed E-state index contributed by atoms with van der Waals surface area (Å²) < 4.78 is 1.92. The van der Waals surface area contributed by atoms with Crippen molar-refractivity contribution in [2.24, 2.45) is 5.92 Å². The van der Waals surface area contributed by atoms with Gasteiger partial charge in [-0.15, -0.1) is 5.10 Å². The number of H-pyrrole nitrogens is 1. The van der Waals surface area contributed by atoms with E-state index in [2.05, 4.69) is 35.6 Å². The van der Waals surface area contributed by atoms with Crippen LogP contribution in [0.5, 0.6) is 0 Å². The molecule has 4 aliphatic heterocycles. The third-order valence-electron chi connectivity index (χ3n) is 7.68.